The molecule has 0 fully saturated rings. The van der Waals surface area contributed by atoms with Crippen molar-refractivity contribution in [2.45, 2.75) is 26.7 Å². The summed E-state index contributed by atoms with van der Waals surface area (Å²) < 4.78 is 0. The lowest BCUT2D eigenvalue weighted by molar-refractivity contribution is -0.114. The number of thiophene rings is 1. The molecule has 0 aliphatic carbocycles. The van der Waals surface area contributed by atoms with Crippen molar-refractivity contribution >= 4 is 34.0 Å². The summed E-state index contributed by atoms with van der Waals surface area (Å²) in [5, 5.41) is 12.9. The highest BCUT2D eigenvalue weighted by Crippen LogP contribution is 2.22. The van der Waals surface area contributed by atoms with Crippen LogP contribution in [0.4, 0.5) is 10.8 Å². The molecule has 2 aromatic rings. The van der Waals surface area contributed by atoms with Gasteiger partial charge in [0.1, 0.15) is 0 Å². The first kappa shape index (κ1) is 14.3. The van der Waals surface area contributed by atoms with Crippen LogP contribution in [-0.2, 0) is 11.2 Å². The maximum Gasteiger partial charge on any atom is 0.267 e. The molecule has 0 saturated heterocycles. The minimum absolute atomic E-state index is 0.157. The number of aromatic nitrogens is 2. The quantitative estimate of drug-likeness (QED) is 0.791. The van der Waals surface area contributed by atoms with E-state index in [0.29, 0.717) is 15.7 Å². The molecule has 106 valence electrons. The number of nitrogens with zero attached hydrogens (tertiary/aromatic N) is 1. The number of H-pyrrole nitrogens is 1. The van der Waals surface area contributed by atoms with Crippen molar-refractivity contribution in [3.63, 3.8) is 0 Å². The maximum atomic E-state index is 12.0. The van der Waals surface area contributed by atoms with E-state index in [1.54, 1.807) is 12.1 Å². The van der Waals surface area contributed by atoms with Crippen molar-refractivity contribution < 1.29 is 9.59 Å². The molecule has 0 aromatic carbocycles. The van der Waals surface area contributed by atoms with E-state index in [0.717, 1.165) is 18.5 Å². The number of aromatic amines is 1. The molecule has 2 aromatic heterocycles. The average Bonchev–Trinajstić information content (AvgIpc) is 2.99. The first-order valence-electron chi connectivity index (χ1n) is 6.31. The second-order valence-corrected chi connectivity index (χ2v) is 5.41. The second-order valence-electron chi connectivity index (χ2n) is 4.33. The number of anilines is 2. The van der Waals surface area contributed by atoms with Crippen LogP contribution in [0.1, 0.15) is 35.6 Å². The molecular formula is C13H16N4O2S. The van der Waals surface area contributed by atoms with Crippen LogP contribution in [0.5, 0.6) is 0 Å². The second kappa shape index (κ2) is 6.33. The Morgan fingerprint density at radius 2 is 2.15 bits per heavy atom. The van der Waals surface area contributed by atoms with E-state index in [9.17, 15) is 9.59 Å². The maximum absolute atomic E-state index is 12.0. The van der Waals surface area contributed by atoms with Crippen LogP contribution in [0, 0.1) is 0 Å². The van der Waals surface area contributed by atoms with Gasteiger partial charge in [-0.2, -0.15) is 5.10 Å². The fourth-order valence-electron chi connectivity index (χ4n) is 1.70. The summed E-state index contributed by atoms with van der Waals surface area (Å²) >= 11 is 1.22. The number of carbonyl (C=O) groups is 2. The Morgan fingerprint density at radius 1 is 1.35 bits per heavy atom. The van der Waals surface area contributed by atoms with Crippen LogP contribution >= 0.6 is 11.3 Å². The Morgan fingerprint density at radius 3 is 2.85 bits per heavy atom. The third-order valence-corrected chi connectivity index (χ3v) is 3.52. The van der Waals surface area contributed by atoms with Crippen molar-refractivity contribution in [1.29, 1.82) is 0 Å². The molecule has 0 spiro atoms. The minimum Gasteiger partial charge on any atom is -0.318 e. The van der Waals surface area contributed by atoms with Gasteiger partial charge in [-0.05, 0) is 18.6 Å². The van der Waals surface area contributed by atoms with Gasteiger partial charge in [0.25, 0.3) is 5.91 Å². The lowest BCUT2D eigenvalue weighted by Crippen LogP contribution is -2.10. The van der Waals surface area contributed by atoms with Crippen molar-refractivity contribution in [3.8, 4) is 0 Å². The van der Waals surface area contributed by atoms with Gasteiger partial charge in [-0.1, -0.05) is 13.3 Å². The van der Waals surface area contributed by atoms with Crippen LogP contribution in [0.15, 0.2) is 18.2 Å². The lowest BCUT2D eigenvalue weighted by Gasteiger charge is -1.98. The minimum atomic E-state index is -0.235. The van der Waals surface area contributed by atoms with Gasteiger partial charge in [0.05, 0.1) is 9.88 Å². The third kappa shape index (κ3) is 3.67. The van der Waals surface area contributed by atoms with E-state index in [4.69, 9.17) is 0 Å². The zero-order valence-corrected chi connectivity index (χ0v) is 12.1. The average molecular weight is 292 g/mol. The molecular weight excluding hydrogens is 276 g/mol. The first-order chi connectivity index (χ1) is 9.58. The van der Waals surface area contributed by atoms with Gasteiger partial charge in [0.2, 0.25) is 5.91 Å². The van der Waals surface area contributed by atoms with E-state index >= 15 is 0 Å². The number of amides is 2. The number of rotatable bonds is 5. The molecule has 2 heterocycles. The summed E-state index contributed by atoms with van der Waals surface area (Å²) in [6.07, 6.45) is 1.91. The summed E-state index contributed by atoms with van der Waals surface area (Å²) in [7, 11) is 0. The van der Waals surface area contributed by atoms with Crippen LogP contribution in [0.25, 0.3) is 0 Å². The molecule has 7 heteroatoms. The number of hydrogen-bond donors (Lipinski definition) is 3. The monoisotopic (exact) mass is 292 g/mol. The molecule has 3 N–H and O–H groups in total. The van der Waals surface area contributed by atoms with E-state index < -0.39 is 0 Å². The highest BCUT2D eigenvalue weighted by atomic mass is 32.1. The van der Waals surface area contributed by atoms with Gasteiger partial charge < -0.3 is 10.6 Å². The summed E-state index contributed by atoms with van der Waals surface area (Å²) in [4.78, 5) is 23.5. The Kier molecular flexibility index (Phi) is 4.52. The number of carbonyl (C=O) groups excluding carboxylic acids is 2. The molecule has 0 radical (unpaired) electrons. The van der Waals surface area contributed by atoms with Crippen molar-refractivity contribution in [2.75, 3.05) is 10.6 Å². The van der Waals surface area contributed by atoms with Crippen LogP contribution in [-0.4, -0.2) is 22.0 Å². The molecule has 0 saturated carbocycles. The van der Waals surface area contributed by atoms with E-state index in [1.165, 1.54) is 18.3 Å². The normalized spacial score (nSPS) is 10.3. The smallest absolute Gasteiger partial charge is 0.267 e. The van der Waals surface area contributed by atoms with Crippen molar-refractivity contribution in [3.05, 3.63) is 28.8 Å². The Balaban J connectivity index is 2.00. The molecule has 0 aliphatic rings. The van der Waals surface area contributed by atoms with Gasteiger partial charge in [0.15, 0.2) is 5.82 Å². The number of nitrogens with one attached hydrogen (secondary N) is 3. The molecule has 0 atom stereocenters. The van der Waals surface area contributed by atoms with E-state index in [1.807, 2.05) is 6.07 Å². The first-order valence-corrected chi connectivity index (χ1v) is 7.13. The van der Waals surface area contributed by atoms with Gasteiger partial charge in [0, 0.05) is 18.7 Å². The summed E-state index contributed by atoms with van der Waals surface area (Å²) in [5.41, 5.74) is 0.993. The molecule has 2 rings (SSSR count). The Bertz CT molecular complexity index is 617. The van der Waals surface area contributed by atoms with E-state index in [-0.39, 0.29) is 11.8 Å². The van der Waals surface area contributed by atoms with Crippen LogP contribution in [0.2, 0.25) is 0 Å². The predicted molar refractivity (Wildman–Crippen MR) is 79.2 cm³/mol. The molecule has 6 nitrogen and oxygen atoms in total. The predicted octanol–water partition coefficient (Wildman–Crippen LogP) is 2.63. The zero-order chi connectivity index (χ0) is 14.5. The van der Waals surface area contributed by atoms with Gasteiger partial charge in [-0.3, -0.25) is 14.7 Å². The highest BCUT2D eigenvalue weighted by molar-refractivity contribution is 7.18. The van der Waals surface area contributed by atoms with E-state index in [2.05, 4.69) is 27.8 Å². The SMILES string of the molecule is CCCc1cc(NC(=O)c2ccc(NC(C)=O)s2)n[nH]1. The van der Waals surface area contributed by atoms with Crippen molar-refractivity contribution in [2.24, 2.45) is 0 Å². The van der Waals surface area contributed by atoms with Crippen LogP contribution in [0.3, 0.4) is 0 Å². The zero-order valence-electron chi connectivity index (χ0n) is 11.3. The third-order valence-electron chi connectivity index (χ3n) is 2.52. The molecule has 0 unspecified atom stereocenters. The molecule has 2 amide bonds. The fraction of sp³-hybridized carbons (Fsp3) is 0.308. The topological polar surface area (TPSA) is 86.9 Å². The standard InChI is InChI=1S/C13H16N4O2S/c1-3-4-9-7-11(17-16-9)15-13(19)10-5-6-12(20-10)14-8(2)18/h5-7H,3-4H2,1-2H3,(H,14,18)(H2,15,16,17,19). The Labute approximate surface area is 120 Å². The van der Waals surface area contributed by atoms with Crippen LogP contribution < -0.4 is 10.6 Å². The molecule has 0 aliphatic heterocycles. The summed E-state index contributed by atoms with van der Waals surface area (Å²) in [6, 6.07) is 5.20. The molecule has 20 heavy (non-hydrogen) atoms. The van der Waals surface area contributed by atoms with Gasteiger partial charge in [-0.15, -0.1) is 11.3 Å². The summed E-state index contributed by atoms with van der Waals surface area (Å²) in [6.45, 7) is 3.51. The highest BCUT2D eigenvalue weighted by Gasteiger charge is 2.11. The number of hydrogen-bond acceptors (Lipinski definition) is 4. The lowest BCUT2D eigenvalue weighted by atomic mass is 10.2. The number of aryl methyl sites for hydroxylation is 1. The summed E-state index contributed by atoms with van der Waals surface area (Å²) in [5.74, 6) is 0.115. The van der Waals surface area contributed by atoms with Crippen molar-refractivity contribution in [1.82, 2.24) is 10.2 Å². The molecule has 0 bridgehead atoms. The van der Waals surface area contributed by atoms with Gasteiger partial charge >= 0.3 is 0 Å². The largest absolute Gasteiger partial charge is 0.318 e. The van der Waals surface area contributed by atoms with Gasteiger partial charge in [-0.25, -0.2) is 0 Å². The Hall–Kier alpha value is -2.15. The fourth-order valence-corrected chi connectivity index (χ4v) is 2.55.